The second-order valence-electron chi connectivity index (χ2n) is 9.70. The molecular weight excluding hydrogens is 514 g/mol. The Hall–Kier alpha value is -2.86. The zero-order valence-corrected chi connectivity index (χ0v) is 25.1. The van der Waals surface area contributed by atoms with Gasteiger partial charge in [0.2, 0.25) is 0 Å². The van der Waals surface area contributed by atoms with Gasteiger partial charge in [0.1, 0.15) is 0 Å². The van der Waals surface area contributed by atoms with E-state index >= 15 is 0 Å². The van der Waals surface area contributed by atoms with Gasteiger partial charge in [0.25, 0.3) is 0 Å². The van der Waals surface area contributed by atoms with Crippen LogP contribution in [0.15, 0.2) is 24.3 Å². The van der Waals surface area contributed by atoms with Crippen LogP contribution in [0.3, 0.4) is 0 Å². The second kappa shape index (κ2) is 11.3. The van der Waals surface area contributed by atoms with E-state index in [0.29, 0.717) is 12.8 Å². The average molecular weight is 546 g/mol. The van der Waals surface area contributed by atoms with Gasteiger partial charge in [-0.3, -0.25) is 0 Å². The van der Waals surface area contributed by atoms with Crippen LogP contribution in [0.1, 0.15) is 71.7 Å². The van der Waals surface area contributed by atoms with Crippen molar-refractivity contribution in [2.45, 2.75) is 53.4 Å². The molecule has 7 heteroatoms. The maximum atomic E-state index is 9.51. The minimum atomic E-state index is 0. The first-order valence-electron chi connectivity index (χ1n) is 12.6. The monoisotopic (exact) mass is 544 g/mol. The van der Waals surface area contributed by atoms with Crippen molar-refractivity contribution >= 4 is 45.4 Å². The molecule has 5 heterocycles. The maximum absolute atomic E-state index is 9.51. The Kier molecular flexibility index (Phi) is 8.27. The van der Waals surface area contributed by atoms with Gasteiger partial charge in [-0.1, -0.05) is 40.5 Å². The number of aliphatic hydroxyl groups is 2. The molecule has 0 amide bonds. The molecule has 8 bridgehead atoms. The van der Waals surface area contributed by atoms with Crippen molar-refractivity contribution in [2.75, 3.05) is 13.2 Å². The van der Waals surface area contributed by atoms with E-state index in [2.05, 4.69) is 52.0 Å². The fraction of sp³-hybridized carbons (Fsp3) is 0.333. The van der Waals surface area contributed by atoms with E-state index in [0.717, 1.165) is 91.1 Å². The largest absolute Gasteiger partial charge is 2.00 e. The first-order valence-corrected chi connectivity index (χ1v) is 12.6. The fourth-order valence-corrected chi connectivity index (χ4v) is 5.01. The van der Waals surface area contributed by atoms with Crippen LogP contribution in [-0.2, 0) is 32.3 Å². The summed E-state index contributed by atoms with van der Waals surface area (Å²) in [5, 5.41) is 19.0. The molecule has 5 rings (SSSR count). The summed E-state index contributed by atoms with van der Waals surface area (Å²) in [5.41, 5.74) is 13.8. The van der Waals surface area contributed by atoms with Crippen molar-refractivity contribution in [3.63, 3.8) is 0 Å². The quantitative estimate of drug-likeness (QED) is 0.416. The van der Waals surface area contributed by atoms with Crippen LogP contribution in [0.25, 0.3) is 45.4 Å². The van der Waals surface area contributed by atoms with Gasteiger partial charge in [0.05, 0.1) is 22.8 Å². The third-order valence-corrected chi connectivity index (χ3v) is 7.10. The van der Waals surface area contributed by atoms with Crippen molar-refractivity contribution in [2.24, 2.45) is 0 Å². The standard InChI is InChI=1S/C30H32N4O2.Zn/c1-17-11-22-14-27-19(3)23(7-5-9-35)29(33-27)16-30-24(8-6-10-36)20(4)28(34-30)15-26-18(2)12-21(32-26)13-25(17)31-22;/h11-16,35-36H,5-10H2,1-4H3;/q-2;+2. The molecule has 0 saturated heterocycles. The number of aromatic nitrogens is 4. The van der Waals surface area contributed by atoms with Crippen LogP contribution >= 0.6 is 0 Å². The molecule has 37 heavy (non-hydrogen) atoms. The zero-order chi connectivity index (χ0) is 25.4. The average Bonchev–Trinajstić information content (AvgIpc) is 3.53. The maximum Gasteiger partial charge on any atom is 2.00 e. The van der Waals surface area contributed by atoms with Crippen molar-refractivity contribution in [3.8, 4) is 0 Å². The first kappa shape index (κ1) is 27.2. The van der Waals surface area contributed by atoms with Crippen LogP contribution in [0.5, 0.6) is 0 Å². The molecular formula is C30H32N4O2Zn. The Morgan fingerprint density at radius 3 is 1.59 bits per heavy atom. The van der Waals surface area contributed by atoms with Crippen LogP contribution in [0.4, 0.5) is 0 Å². The smallest absolute Gasteiger partial charge is 0.657 e. The van der Waals surface area contributed by atoms with E-state index in [-0.39, 0.29) is 32.7 Å². The van der Waals surface area contributed by atoms with Crippen molar-refractivity contribution in [3.05, 3.63) is 69.3 Å². The number of allylic oxidation sites excluding steroid dienone is 2. The summed E-state index contributed by atoms with van der Waals surface area (Å²) >= 11 is 0. The van der Waals surface area contributed by atoms with Crippen molar-refractivity contribution in [1.82, 2.24) is 19.9 Å². The fourth-order valence-electron chi connectivity index (χ4n) is 5.01. The number of rotatable bonds is 6. The third kappa shape index (κ3) is 5.40. The van der Waals surface area contributed by atoms with Crippen LogP contribution in [-0.4, -0.2) is 33.4 Å². The molecule has 0 unspecified atom stereocenters. The van der Waals surface area contributed by atoms with Gasteiger partial charge in [-0.25, -0.2) is 9.97 Å². The van der Waals surface area contributed by atoms with Crippen molar-refractivity contribution < 1.29 is 29.7 Å². The molecule has 0 aromatic carbocycles. The summed E-state index contributed by atoms with van der Waals surface area (Å²) in [6.45, 7) is 8.58. The molecule has 186 valence electrons. The molecule has 0 saturated carbocycles. The number of hydrogen-bond donors (Lipinski definition) is 2. The summed E-state index contributed by atoms with van der Waals surface area (Å²) in [6, 6.07) is 8.19. The molecule has 6 nitrogen and oxygen atoms in total. The molecule has 0 radical (unpaired) electrons. The third-order valence-electron chi connectivity index (χ3n) is 7.10. The Morgan fingerprint density at radius 2 is 1.08 bits per heavy atom. The number of hydrogen-bond acceptors (Lipinski definition) is 4. The number of fused-ring (bicyclic) bond motifs is 8. The van der Waals surface area contributed by atoms with Gasteiger partial charge in [0.15, 0.2) is 0 Å². The van der Waals surface area contributed by atoms with Gasteiger partial charge in [0, 0.05) is 13.2 Å². The van der Waals surface area contributed by atoms with E-state index < -0.39 is 0 Å². The van der Waals surface area contributed by atoms with Gasteiger partial charge in [-0.05, 0) is 82.7 Å². The summed E-state index contributed by atoms with van der Waals surface area (Å²) in [6.07, 6.45) is 7.00. The minimum Gasteiger partial charge on any atom is -0.657 e. The van der Waals surface area contributed by atoms with E-state index in [4.69, 9.17) is 19.9 Å². The van der Waals surface area contributed by atoms with E-state index in [9.17, 15) is 10.2 Å². The SMILES string of the molecule is CC1=Cc2cc3[n-]c(cc4[n-]c(cc5nc(cc1n2)C=C5C)c(C)c4CCCO)c(CCCO)c3C.[Zn+2]. The predicted octanol–water partition coefficient (Wildman–Crippen LogP) is 5.16. The van der Waals surface area contributed by atoms with E-state index in [1.807, 2.05) is 12.1 Å². The van der Waals surface area contributed by atoms with Gasteiger partial charge in [-0.2, -0.15) is 0 Å². The van der Waals surface area contributed by atoms with Gasteiger partial charge < -0.3 is 20.2 Å². The molecule has 3 aromatic heterocycles. The normalized spacial score (nSPS) is 12.8. The Morgan fingerprint density at radius 1 is 0.622 bits per heavy atom. The molecule has 2 aliphatic heterocycles. The summed E-state index contributed by atoms with van der Waals surface area (Å²) < 4.78 is 0. The Bertz CT molecular complexity index is 1560. The molecule has 0 fully saturated rings. The molecule has 0 atom stereocenters. The number of aliphatic hydroxyl groups excluding tert-OH is 2. The topological polar surface area (TPSA) is 94.4 Å². The first-order chi connectivity index (χ1) is 17.4. The second-order valence-corrected chi connectivity index (χ2v) is 9.70. The number of nitrogens with zero attached hydrogens (tertiary/aromatic N) is 4. The predicted molar refractivity (Wildman–Crippen MR) is 146 cm³/mol. The van der Waals surface area contributed by atoms with Crippen LogP contribution in [0.2, 0.25) is 0 Å². The summed E-state index contributed by atoms with van der Waals surface area (Å²) in [4.78, 5) is 19.8. The molecule has 2 aliphatic rings. The van der Waals surface area contributed by atoms with Gasteiger partial charge in [-0.15, -0.1) is 22.1 Å². The number of aryl methyl sites for hydroxylation is 4. The molecule has 0 spiro atoms. The molecule has 3 aromatic rings. The van der Waals surface area contributed by atoms with Crippen LogP contribution in [0, 0.1) is 13.8 Å². The van der Waals surface area contributed by atoms with Crippen molar-refractivity contribution in [1.29, 1.82) is 0 Å². The van der Waals surface area contributed by atoms with Crippen LogP contribution < -0.4 is 9.97 Å². The molecule has 2 N–H and O–H groups in total. The van der Waals surface area contributed by atoms with E-state index in [1.165, 1.54) is 0 Å². The van der Waals surface area contributed by atoms with Gasteiger partial charge >= 0.3 is 19.5 Å². The van der Waals surface area contributed by atoms with E-state index in [1.54, 1.807) is 0 Å². The Balaban J connectivity index is 0.00000320. The summed E-state index contributed by atoms with van der Waals surface area (Å²) in [7, 11) is 0. The molecule has 0 aliphatic carbocycles. The minimum absolute atomic E-state index is 0. The summed E-state index contributed by atoms with van der Waals surface area (Å²) in [5.74, 6) is 0. The zero-order valence-electron chi connectivity index (χ0n) is 22.1. The Labute approximate surface area is 230 Å².